The first-order valence-corrected chi connectivity index (χ1v) is 5.95. The predicted molar refractivity (Wildman–Crippen MR) is 67.2 cm³/mol. The van der Waals surface area contributed by atoms with Crippen molar-refractivity contribution in [1.82, 2.24) is 5.32 Å². The van der Waals surface area contributed by atoms with Gasteiger partial charge in [-0.05, 0) is 19.9 Å². The van der Waals surface area contributed by atoms with Crippen molar-refractivity contribution in [3.8, 4) is 5.75 Å². The zero-order valence-corrected chi connectivity index (χ0v) is 10.5. The van der Waals surface area contributed by atoms with E-state index in [9.17, 15) is 4.39 Å². The van der Waals surface area contributed by atoms with Crippen molar-refractivity contribution >= 4 is 5.69 Å². The van der Waals surface area contributed by atoms with Crippen LogP contribution in [-0.4, -0.2) is 32.3 Å². The summed E-state index contributed by atoms with van der Waals surface area (Å²) < 4.78 is 18.6. The number of halogens is 1. The molecule has 0 radical (unpaired) electrons. The Morgan fingerprint density at radius 1 is 1.24 bits per heavy atom. The summed E-state index contributed by atoms with van der Waals surface area (Å²) in [5.74, 6) is 0.315. The maximum absolute atomic E-state index is 13.5. The van der Waals surface area contributed by atoms with Crippen LogP contribution in [-0.2, 0) is 0 Å². The van der Waals surface area contributed by atoms with E-state index in [1.807, 2.05) is 6.07 Å². The van der Waals surface area contributed by atoms with Gasteiger partial charge in [-0.1, -0.05) is 0 Å². The highest BCUT2D eigenvalue weighted by Gasteiger charge is 2.25. The third-order valence-electron chi connectivity index (χ3n) is 3.22. The highest BCUT2D eigenvalue weighted by molar-refractivity contribution is 5.53. The summed E-state index contributed by atoms with van der Waals surface area (Å²) in [4.78, 5) is 2.24. The molecule has 0 amide bonds. The van der Waals surface area contributed by atoms with Gasteiger partial charge in [-0.15, -0.1) is 0 Å². The summed E-state index contributed by atoms with van der Waals surface area (Å²) in [6, 6.07) is 5.57. The predicted octanol–water partition coefficient (Wildman–Crippen LogP) is 2.02. The molecule has 0 spiro atoms. The van der Waals surface area contributed by atoms with E-state index in [1.54, 1.807) is 13.2 Å². The molecule has 2 rings (SSSR count). The first-order valence-electron chi connectivity index (χ1n) is 5.95. The van der Waals surface area contributed by atoms with Gasteiger partial charge in [-0.2, -0.15) is 0 Å². The molecule has 3 nitrogen and oxygen atoms in total. The summed E-state index contributed by atoms with van der Waals surface area (Å²) in [6.07, 6.45) is 0. The van der Waals surface area contributed by atoms with Gasteiger partial charge in [0.2, 0.25) is 0 Å². The molecule has 2 atom stereocenters. The molecule has 1 aliphatic rings. The molecule has 0 aromatic heterocycles. The molecule has 1 aromatic rings. The van der Waals surface area contributed by atoms with Crippen LogP contribution in [0.25, 0.3) is 0 Å². The molecule has 0 aliphatic carbocycles. The lowest BCUT2D eigenvalue weighted by Gasteiger charge is -2.41. The summed E-state index contributed by atoms with van der Waals surface area (Å²) in [5.41, 5.74) is 0.892. The largest absolute Gasteiger partial charge is 0.497 e. The van der Waals surface area contributed by atoms with E-state index in [0.29, 0.717) is 17.8 Å². The second-order valence-corrected chi connectivity index (χ2v) is 4.61. The van der Waals surface area contributed by atoms with Gasteiger partial charge in [0.25, 0.3) is 0 Å². The van der Waals surface area contributed by atoms with Crippen molar-refractivity contribution in [3.63, 3.8) is 0 Å². The van der Waals surface area contributed by atoms with Crippen LogP contribution < -0.4 is 15.0 Å². The van der Waals surface area contributed by atoms with Gasteiger partial charge in [0.05, 0.1) is 7.11 Å². The molecule has 1 heterocycles. The van der Waals surface area contributed by atoms with Crippen LogP contribution in [0.15, 0.2) is 18.2 Å². The molecule has 17 heavy (non-hydrogen) atoms. The van der Waals surface area contributed by atoms with Gasteiger partial charge < -0.3 is 15.0 Å². The molecule has 0 bridgehead atoms. The average Bonchev–Trinajstić information content (AvgIpc) is 2.28. The highest BCUT2D eigenvalue weighted by atomic mass is 19.1. The van der Waals surface area contributed by atoms with Gasteiger partial charge in [0, 0.05) is 43.0 Å². The Hall–Kier alpha value is -1.29. The quantitative estimate of drug-likeness (QED) is 0.853. The number of rotatable bonds is 2. The maximum atomic E-state index is 13.5. The van der Waals surface area contributed by atoms with Gasteiger partial charge in [0.1, 0.15) is 11.6 Å². The molecule has 1 N–H and O–H groups in total. The normalized spacial score (nSPS) is 24.8. The van der Waals surface area contributed by atoms with Crippen LogP contribution in [0.5, 0.6) is 5.75 Å². The number of methoxy groups -OCH3 is 1. The fourth-order valence-electron chi connectivity index (χ4n) is 2.46. The number of hydrogen-bond donors (Lipinski definition) is 1. The minimum absolute atomic E-state index is 0.253. The standard InChI is InChI=1S/C13H19FN2O/c1-9-7-15-8-10(2)16(9)12-4-11(14)5-13(6-12)17-3/h4-6,9-10,15H,7-8H2,1-3H3/t9-,10+. The van der Waals surface area contributed by atoms with E-state index in [-0.39, 0.29) is 5.82 Å². The Labute approximate surface area is 102 Å². The lowest BCUT2D eigenvalue weighted by Crippen LogP contribution is -2.55. The third kappa shape index (κ3) is 2.52. The summed E-state index contributed by atoms with van der Waals surface area (Å²) in [6.45, 7) is 6.12. The fraction of sp³-hybridized carbons (Fsp3) is 0.538. The van der Waals surface area contributed by atoms with Crippen molar-refractivity contribution in [2.24, 2.45) is 0 Å². The second kappa shape index (κ2) is 4.92. The van der Waals surface area contributed by atoms with Crippen molar-refractivity contribution in [3.05, 3.63) is 24.0 Å². The maximum Gasteiger partial charge on any atom is 0.128 e. The molecule has 0 unspecified atom stereocenters. The zero-order valence-electron chi connectivity index (χ0n) is 10.5. The Balaban J connectivity index is 2.34. The number of nitrogens with one attached hydrogen (secondary N) is 1. The molecule has 1 aromatic carbocycles. The smallest absolute Gasteiger partial charge is 0.128 e. The van der Waals surface area contributed by atoms with Crippen LogP contribution in [0, 0.1) is 5.82 Å². The Morgan fingerprint density at radius 3 is 2.47 bits per heavy atom. The highest BCUT2D eigenvalue weighted by Crippen LogP contribution is 2.27. The molecule has 94 valence electrons. The van der Waals surface area contributed by atoms with E-state index in [1.165, 1.54) is 6.07 Å². The average molecular weight is 238 g/mol. The lowest BCUT2D eigenvalue weighted by molar-refractivity contribution is 0.407. The Kier molecular flexibility index (Phi) is 3.52. The molecule has 4 heteroatoms. The van der Waals surface area contributed by atoms with Crippen LogP contribution in [0.3, 0.4) is 0 Å². The Bertz CT molecular complexity index is 387. The Morgan fingerprint density at radius 2 is 1.88 bits per heavy atom. The van der Waals surface area contributed by atoms with Gasteiger partial charge in [0.15, 0.2) is 0 Å². The van der Waals surface area contributed by atoms with Crippen molar-refractivity contribution in [2.75, 3.05) is 25.1 Å². The first kappa shape index (κ1) is 12.2. The second-order valence-electron chi connectivity index (χ2n) is 4.61. The summed E-state index contributed by atoms with van der Waals surface area (Å²) >= 11 is 0. The molecular formula is C13H19FN2O. The van der Waals surface area contributed by atoms with E-state index in [4.69, 9.17) is 4.74 Å². The minimum atomic E-state index is -0.253. The van der Waals surface area contributed by atoms with Crippen molar-refractivity contribution < 1.29 is 9.13 Å². The minimum Gasteiger partial charge on any atom is -0.497 e. The number of anilines is 1. The number of ether oxygens (including phenoxy) is 1. The SMILES string of the molecule is COc1cc(F)cc(N2[C@H](C)CNC[C@@H]2C)c1. The molecule has 1 saturated heterocycles. The van der Waals surface area contributed by atoms with E-state index in [0.717, 1.165) is 18.8 Å². The zero-order chi connectivity index (χ0) is 12.4. The lowest BCUT2D eigenvalue weighted by atomic mass is 10.1. The van der Waals surface area contributed by atoms with Crippen LogP contribution in [0.2, 0.25) is 0 Å². The van der Waals surface area contributed by atoms with Crippen LogP contribution in [0.4, 0.5) is 10.1 Å². The van der Waals surface area contributed by atoms with Crippen LogP contribution in [0.1, 0.15) is 13.8 Å². The summed E-state index contributed by atoms with van der Waals surface area (Å²) in [7, 11) is 1.56. The topological polar surface area (TPSA) is 24.5 Å². The number of piperazine rings is 1. The number of nitrogens with zero attached hydrogens (tertiary/aromatic N) is 1. The monoisotopic (exact) mass is 238 g/mol. The van der Waals surface area contributed by atoms with Gasteiger partial charge in [-0.25, -0.2) is 4.39 Å². The van der Waals surface area contributed by atoms with Crippen molar-refractivity contribution in [1.29, 1.82) is 0 Å². The van der Waals surface area contributed by atoms with Crippen molar-refractivity contribution in [2.45, 2.75) is 25.9 Å². The number of benzene rings is 1. The molecular weight excluding hydrogens is 219 g/mol. The number of hydrogen-bond acceptors (Lipinski definition) is 3. The first-order chi connectivity index (χ1) is 8.11. The van der Waals surface area contributed by atoms with Gasteiger partial charge >= 0.3 is 0 Å². The third-order valence-corrected chi connectivity index (χ3v) is 3.22. The fourth-order valence-corrected chi connectivity index (χ4v) is 2.46. The molecule has 1 aliphatic heterocycles. The van der Waals surface area contributed by atoms with E-state index >= 15 is 0 Å². The van der Waals surface area contributed by atoms with Gasteiger partial charge in [-0.3, -0.25) is 0 Å². The molecule has 0 saturated carbocycles. The van der Waals surface area contributed by atoms with Crippen LogP contribution >= 0.6 is 0 Å². The van der Waals surface area contributed by atoms with E-state index < -0.39 is 0 Å². The van der Waals surface area contributed by atoms with E-state index in [2.05, 4.69) is 24.1 Å². The molecule has 1 fully saturated rings. The summed E-state index contributed by atoms with van der Waals surface area (Å²) in [5, 5.41) is 3.36.